The van der Waals surface area contributed by atoms with Gasteiger partial charge in [0.25, 0.3) is 0 Å². The summed E-state index contributed by atoms with van der Waals surface area (Å²) in [5, 5.41) is 8.02. The van der Waals surface area contributed by atoms with Crippen LogP contribution >= 0.6 is 11.6 Å². The number of anilines is 2. The van der Waals surface area contributed by atoms with Gasteiger partial charge in [-0.15, -0.1) is 0 Å². The Labute approximate surface area is 217 Å². The Morgan fingerprint density at radius 1 is 0.973 bits per heavy atom. The van der Waals surface area contributed by atoms with Crippen molar-refractivity contribution >= 4 is 51.6 Å². The Balaban J connectivity index is 1.40. The highest BCUT2D eigenvalue weighted by Gasteiger charge is 2.70. The molecule has 7 rings (SSSR count). The van der Waals surface area contributed by atoms with Crippen LogP contribution in [-0.4, -0.2) is 28.7 Å². The second-order valence-corrected chi connectivity index (χ2v) is 10.5. The molecule has 4 heterocycles. The molecule has 4 aromatic rings. The molecule has 0 bridgehead atoms. The van der Waals surface area contributed by atoms with Gasteiger partial charge in [0.1, 0.15) is 5.54 Å². The summed E-state index contributed by atoms with van der Waals surface area (Å²) in [7, 11) is 0. The number of para-hydroxylation sites is 2. The Morgan fingerprint density at radius 3 is 2.54 bits per heavy atom. The number of imide groups is 1. The molecular weight excluding hydrogens is 488 g/mol. The number of carbonyl (C=O) groups is 3. The Kier molecular flexibility index (Phi) is 4.68. The molecule has 2 fully saturated rings. The summed E-state index contributed by atoms with van der Waals surface area (Å²) in [5.74, 6) is -2.64. The zero-order valence-corrected chi connectivity index (χ0v) is 20.7. The minimum absolute atomic E-state index is 0.296. The van der Waals surface area contributed by atoms with Crippen LogP contribution in [0.3, 0.4) is 0 Å². The average Bonchev–Trinajstić information content (AvgIpc) is 3.60. The van der Waals surface area contributed by atoms with E-state index in [1.165, 1.54) is 4.90 Å². The minimum atomic E-state index is -1.40. The van der Waals surface area contributed by atoms with Gasteiger partial charge in [0, 0.05) is 39.4 Å². The average molecular weight is 511 g/mol. The Hall–Kier alpha value is -3.94. The molecule has 3 aliphatic rings. The summed E-state index contributed by atoms with van der Waals surface area (Å²) in [6.07, 6.45) is 2.41. The molecule has 3 aromatic carbocycles. The first-order valence-corrected chi connectivity index (χ1v) is 12.7. The maximum absolute atomic E-state index is 14.1. The lowest BCUT2D eigenvalue weighted by atomic mass is 9.76. The van der Waals surface area contributed by atoms with E-state index in [2.05, 4.69) is 15.6 Å². The minimum Gasteiger partial charge on any atom is -0.361 e. The number of H-pyrrole nitrogens is 1. The first kappa shape index (κ1) is 22.3. The van der Waals surface area contributed by atoms with Crippen molar-refractivity contribution < 1.29 is 14.4 Å². The predicted octanol–water partition coefficient (Wildman–Crippen LogP) is 4.30. The molecule has 37 heavy (non-hydrogen) atoms. The lowest BCUT2D eigenvalue weighted by molar-refractivity contribution is -0.130. The van der Waals surface area contributed by atoms with Crippen molar-refractivity contribution in [2.75, 3.05) is 10.2 Å². The van der Waals surface area contributed by atoms with Gasteiger partial charge in [-0.3, -0.25) is 19.7 Å². The lowest BCUT2D eigenvalue weighted by Gasteiger charge is -2.29. The molecule has 4 atom stereocenters. The third kappa shape index (κ3) is 2.95. The molecule has 1 aromatic heterocycles. The lowest BCUT2D eigenvalue weighted by Crippen LogP contribution is -2.53. The zero-order valence-electron chi connectivity index (χ0n) is 19.9. The fourth-order valence-electron chi connectivity index (χ4n) is 6.58. The first-order valence-electron chi connectivity index (χ1n) is 12.3. The van der Waals surface area contributed by atoms with E-state index in [0.717, 1.165) is 22.0 Å². The number of nitrogens with zero attached hydrogens (tertiary/aromatic N) is 1. The first-order chi connectivity index (χ1) is 17.9. The Bertz CT molecular complexity index is 1630. The molecular formula is C29H23ClN4O3. The fraction of sp³-hybridized carbons (Fsp3) is 0.207. The van der Waals surface area contributed by atoms with Crippen LogP contribution in [0.4, 0.5) is 11.4 Å². The van der Waals surface area contributed by atoms with Crippen LogP contribution in [-0.2, 0) is 26.3 Å². The van der Waals surface area contributed by atoms with E-state index >= 15 is 0 Å². The molecule has 7 nitrogen and oxygen atoms in total. The number of rotatable bonds is 3. The second kappa shape index (κ2) is 7.78. The summed E-state index contributed by atoms with van der Waals surface area (Å²) >= 11 is 6.45. The predicted molar refractivity (Wildman–Crippen MR) is 141 cm³/mol. The number of hydrogen-bond donors (Lipinski definition) is 3. The highest BCUT2D eigenvalue weighted by Crippen LogP contribution is 2.55. The van der Waals surface area contributed by atoms with E-state index in [1.807, 2.05) is 43.5 Å². The monoisotopic (exact) mass is 510 g/mol. The van der Waals surface area contributed by atoms with E-state index in [9.17, 15) is 14.4 Å². The van der Waals surface area contributed by atoms with Crippen LogP contribution in [0, 0.1) is 18.8 Å². The molecule has 8 heteroatoms. The summed E-state index contributed by atoms with van der Waals surface area (Å²) in [5.41, 5.74) is 3.19. The summed E-state index contributed by atoms with van der Waals surface area (Å²) < 4.78 is 0. The fourth-order valence-corrected chi connectivity index (χ4v) is 6.85. The van der Waals surface area contributed by atoms with Crippen molar-refractivity contribution in [3.8, 4) is 0 Å². The summed E-state index contributed by atoms with van der Waals surface area (Å²) in [4.78, 5) is 46.4. The van der Waals surface area contributed by atoms with E-state index < -0.39 is 23.4 Å². The molecule has 3 amide bonds. The highest BCUT2D eigenvalue weighted by molar-refractivity contribution is 6.31. The number of carbonyl (C=O) groups excluding carboxylic acids is 3. The summed E-state index contributed by atoms with van der Waals surface area (Å²) in [6, 6.07) is 19.9. The van der Waals surface area contributed by atoms with Gasteiger partial charge in [0.15, 0.2) is 0 Å². The van der Waals surface area contributed by atoms with E-state index in [4.69, 9.17) is 11.6 Å². The number of aromatic amines is 1. The topological polar surface area (TPSA) is 94.3 Å². The van der Waals surface area contributed by atoms with Gasteiger partial charge in [-0.25, -0.2) is 4.90 Å². The maximum atomic E-state index is 14.1. The molecule has 3 N–H and O–H groups in total. The molecule has 0 aliphatic carbocycles. The van der Waals surface area contributed by atoms with Gasteiger partial charge in [-0.1, -0.05) is 48.0 Å². The number of benzene rings is 3. The number of aryl methyl sites for hydroxylation is 1. The van der Waals surface area contributed by atoms with Gasteiger partial charge < -0.3 is 10.3 Å². The van der Waals surface area contributed by atoms with Crippen LogP contribution in [0.5, 0.6) is 0 Å². The van der Waals surface area contributed by atoms with Gasteiger partial charge in [0.05, 0.1) is 17.5 Å². The summed E-state index contributed by atoms with van der Waals surface area (Å²) in [6.45, 7) is 1.87. The quantitative estimate of drug-likeness (QED) is 0.358. The number of fused-ring (bicyclic) bond motifs is 5. The second-order valence-electron chi connectivity index (χ2n) is 10.1. The molecule has 2 saturated heterocycles. The van der Waals surface area contributed by atoms with Crippen molar-refractivity contribution in [3.05, 3.63) is 94.6 Å². The van der Waals surface area contributed by atoms with Crippen molar-refractivity contribution in [1.82, 2.24) is 10.3 Å². The SMILES string of the molecule is Cc1cc(Cl)cc2c1NC(=O)[C@@]21N[C@H](Cc2c[nH]c3ccccc23)[C@H]2C(=O)N(c3ccccc3)C(=O)[C@H]21. The Morgan fingerprint density at radius 2 is 1.73 bits per heavy atom. The number of hydrogen-bond acceptors (Lipinski definition) is 4. The maximum Gasteiger partial charge on any atom is 0.250 e. The number of nitrogens with one attached hydrogen (secondary N) is 3. The molecule has 1 spiro atoms. The van der Waals surface area contributed by atoms with Gasteiger partial charge >= 0.3 is 0 Å². The third-order valence-electron chi connectivity index (χ3n) is 8.12. The van der Waals surface area contributed by atoms with Crippen LogP contribution in [0.1, 0.15) is 16.7 Å². The standard InChI is InChI=1S/C29H23ClN4O3/c1-15-11-17(30)13-20-25(15)32-28(37)29(20)24-23(26(35)34(27(24)36)18-7-3-2-4-8-18)22(33-29)12-16-14-31-21-10-6-5-9-19(16)21/h2-11,13-14,22-24,31,33H,12H2,1H3,(H,32,37)/t22-,23-,24+,29-/m1/s1. The van der Waals surface area contributed by atoms with Crippen molar-refractivity contribution in [2.24, 2.45) is 11.8 Å². The number of aromatic nitrogens is 1. The van der Waals surface area contributed by atoms with Gasteiger partial charge in [-0.2, -0.15) is 0 Å². The number of amides is 3. The largest absolute Gasteiger partial charge is 0.361 e. The van der Waals surface area contributed by atoms with E-state index in [-0.39, 0.29) is 17.7 Å². The zero-order chi connectivity index (χ0) is 25.5. The molecule has 0 unspecified atom stereocenters. The van der Waals surface area contributed by atoms with Gasteiger partial charge in [-0.05, 0) is 54.8 Å². The highest BCUT2D eigenvalue weighted by atomic mass is 35.5. The van der Waals surface area contributed by atoms with Crippen molar-refractivity contribution in [2.45, 2.75) is 24.9 Å². The molecule has 3 aliphatic heterocycles. The van der Waals surface area contributed by atoms with E-state index in [0.29, 0.717) is 28.4 Å². The normalized spacial score (nSPS) is 26.3. The van der Waals surface area contributed by atoms with Crippen LogP contribution in [0.25, 0.3) is 10.9 Å². The number of halogens is 1. The van der Waals surface area contributed by atoms with Crippen LogP contribution < -0.4 is 15.5 Å². The van der Waals surface area contributed by atoms with Crippen molar-refractivity contribution in [3.63, 3.8) is 0 Å². The van der Waals surface area contributed by atoms with E-state index in [1.54, 1.807) is 36.4 Å². The van der Waals surface area contributed by atoms with Crippen LogP contribution in [0.15, 0.2) is 72.9 Å². The molecule has 0 radical (unpaired) electrons. The molecule has 0 saturated carbocycles. The van der Waals surface area contributed by atoms with Crippen LogP contribution in [0.2, 0.25) is 5.02 Å². The smallest absolute Gasteiger partial charge is 0.250 e. The van der Waals surface area contributed by atoms with Crippen molar-refractivity contribution in [1.29, 1.82) is 0 Å². The van der Waals surface area contributed by atoms with Gasteiger partial charge in [0.2, 0.25) is 17.7 Å². The third-order valence-corrected chi connectivity index (χ3v) is 8.33. The molecule has 184 valence electrons.